The normalized spacial score (nSPS) is 18.2. The van der Waals surface area contributed by atoms with Crippen LogP contribution in [0.3, 0.4) is 0 Å². The van der Waals surface area contributed by atoms with E-state index in [2.05, 4.69) is 19.8 Å². The van der Waals surface area contributed by atoms with E-state index in [1.54, 1.807) is 25.4 Å². The van der Waals surface area contributed by atoms with Crippen LogP contribution in [0.15, 0.2) is 30.5 Å². The maximum atomic E-state index is 6.12. The monoisotopic (exact) mass is 380 g/mol. The Bertz CT molecular complexity index is 708. The first kappa shape index (κ1) is 18.2. The van der Waals surface area contributed by atoms with Crippen molar-refractivity contribution in [1.82, 2.24) is 14.9 Å². The van der Waals surface area contributed by atoms with Crippen molar-refractivity contribution in [2.45, 2.75) is 25.4 Å². The molecule has 0 spiro atoms. The van der Waals surface area contributed by atoms with Crippen LogP contribution in [0.2, 0.25) is 10.0 Å². The molecular formula is C18H22Cl2N4O. The number of piperidine rings is 1. The Labute approximate surface area is 158 Å². The molecule has 1 saturated heterocycles. The van der Waals surface area contributed by atoms with Gasteiger partial charge in [-0.25, -0.2) is 4.98 Å². The molecule has 2 aromatic rings. The molecule has 134 valence electrons. The minimum Gasteiger partial charge on any atom is -0.481 e. The summed E-state index contributed by atoms with van der Waals surface area (Å²) in [6.45, 7) is 2.85. The SMILES string of the molecule is COc1ccnc(N(C)C2CCCN(Cc3cc(Cl)cc(Cl)c3)C2)n1. The van der Waals surface area contributed by atoms with Gasteiger partial charge >= 0.3 is 0 Å². The molecule has 5 nitrogen and oxygen atoms in total. The molecule has 0 aliphatic carbocycles. The molecule has 1 fully saturated rings. The summed E-state index contributed by atoms with van der Waals surface area (Å²) in [6, 6.07) is 7.83. The van der Waals surface area contributed by atoms with Gasteiger partial charge in [-0.15, -0.1) is 0 Å². The Morgan fingerprint density at radius 3 is 2.76 bits per heavy atom. The maximum absolute atomic E-state index is 6.12. The first-order valence-electron chi connectivity index (χ1n) is 8.32. The summed E-state index contributed by atoms with van der Waals surface area (Å²) in [5.74, 6) is 1.27. The number of hydrogen-bond acceptors (Lipinski definition) is 5. The van der Waals surface area contributed by atoms with Gasteiger partial charge in [0, 0.05) is 48.5 Å². The van der Waals surface area contributed by atoms with Crippen molar-refractivity contribution < 1.29 is 4.74 Å². The molecule has 0 radical (unpaired) electrons. The molecule has 0 saturated carbocycles. The van der Waals surface area contributed by atoms with Crippen molar-refractivity contribution in [2.24, 2.45) is 0 Å². The van der Waals surface area contributed by atoms with E-state index in [0.29, 0.717) is 27.9 Å². The number of likely N-dealkylation sites (tertiary alicyclic amines) is 1. The van der Waals surface area contributed by atoms with E-state index in [-0.39, 0.29) is 0 Å². The van der Waals surface area contributed by atoms with Crippen molar-refractivity contribution in [3.05, 3.63) is 46.1 Å². The first-order valence-corrected chi connectivity index (χ1v) is 9.08. The van der Waals surface area contributed by atoms with Crippen molar-refractivity contribution in [3.8, 4) is 5.88 Å². The highest BCUT2D eigenvalue weighted by molar-refractivity contribution is 6.34. The zero-order chi connectivity index (χ0) is 17.8. The van der Waals surface area contributed by atoms with Crippen LogP contribution >= 0.6 is 23.2 Å². The highest BCUT2D eigenvalue weighted by Crippen LogP contribution is 2.24. The van der Waals surface area contributed by atoms with Crippen LogP contribution in [0.1, 0.15) is 18.4 Å². The molecular weight excluding hydrogens is 359 g/mol. The highest BCUT2D eigenvalue weighted by atomic mass is 35.5. The maximum Gasteiger partial charge on any atom is 0.228 e. The summed E-state index contributed by atoms with van der Waals surface area (Å²) >= 11 is 12.2. The fourth-order valence-electron chi connectivity index (χ4n) is 3.23. The summed E-state index contributed by atoms with van der Waals surface area (Å²) in [6.07, 6.45) is 3.98. The third kappa shape index (κ3) is 4.75. The number of ether oxygens (including phenoxy) is 1. The molecule has 7 heteroatoms. The van der Waals surface area contributed by atoms with Gasteiger partial charge in [-0.1, -0.05) is 23.2 Å². The second kappa shape index (κ2) is 8.21. The van der Waals surface area contributed by atoms with Gasteiger partial charge in [-0.05, 0) is 43.1 Å². The Morgan fingerprint density at radius 1 is 1.28 bits per heavy atom. The predicted octanol–water partition coefficient (Wildman–Crippen LogP) is 3.89. The van der Waals surface area contributed by atoms with Crippen LogP contribution in [0.25, 0.3) is 0 Å². The van der Waals surface area contributed by atoms with E-state index in [4.69, 9.17) is 27.9 Å². The van der Waals surface area contributed by atoms with Crippen molar-refractivity contribution >= 4 is 29.2 Å². The van der Waals surface area contributed by atoms with E-state index >= 15 is 0 Å². The number of benzene rings is 1. The fraction of sp³-hybridized carbons (Fsp3) is 0.444. The van der Waals surface area contributed by atoms with Crippen LogP contribution < -0.4 is 9.64 Å². The zero-order valence-corrected chi connectivity index (χ0v) is 16.0. The van der Waals surface area contributed by atoms with Crippen molar-refractivity contribution in [3.63, 3.8) is 0 Å². The Kier molecular flexibility index (Phi) is 5.99. The average molecular weight is 381 g/mol. The van der Waals surface area contributed by atoms with E-state index < -0.39 is 0 Å². The van der Waals surface area contributed by atoms with Gasteiger partial charge in [0.1, 0.15) is 0 Å². The molecule has 1 aromatic heterocycles. The van der Waals surface area contributed by atoms with Crippen molar-refractivity contribution in [2.75, 3.05) is 32.1 Å². The lowest BCUT2D eigenvalue weighted by atomic mass is 10.0. The third-order valence-corrected chi connectivity index (χ3v) is 4.94. The molecule has 1 unspecified atom stereocenters. The lowest BCUT2D eigenvalue weighted by molar-refractivity contribution is 0.198. The van der Waals surface area contributed by atoms with Crippen molar-refractivity contribution in [1.29, 1.82) is 0 Å². The molecule has 25 heavy (non-hydrogen) atoms. The highest BCUT2D eigenvalue weighted by Gasteiger charge is 2.25. The van der Waals surface area contributed by atoms with Crippen LogP contribution in [0, 0.1) is 0 Å². The lowest BCUT2D eigenvalue weighted by Gasteiger charge is -2.37. The van der Waals surface area contributed by atoms with Gasteiger partial charge in [0.25, 0.3) is 0 Å². The Balaban J connectivity index is 1.67. The van der Waals surface area contributed by atoms with Gasteiger partial charge < -0.3 is 9.64 Å². The quantitative estimate of drug-likeness (QED) is 0.786. The number of rotatable bonds is 5. The number of likely N-dealkylation sites (N-methyl/N-ethyl adjacent to an activating group) is 1. The molecule has 0 N–H and O–H groups in total. The average Bonchev–Trinajstić information content (AvgIpc) is 2.60. The fourth-order valence-corrected chi connectivity index (χ4v) is 3.80. The summed E-state index contributed by atoms with van der Waals surface area (Å²) in [7, 11) is 3.66. The molecule has 1 atom stereocenters. The lowest BCUT2D eigenvalue weighted by Crippen LogP contribution is -2.46. The second-order valence-corrected chi connectivity index (χ2v) is 7.19. The van der Waals surface area contributed by atoms with Gasteiger partial charge in [-0.2, -0.15) is 4.98 Å². The van der Waals surface area contributed by atoms with E-state index in [0.717, 1.165) is 38.0 Å². The van der Waals surface area contributed by atoms with Crippen LogP contribution in [0.5, 0.6) is 5.88 Å². The number of nitrogens with zero attached hydrogens (tertiary/aromatic N) is 4. The second-order valence-electron chi connectivity index (χ2n) is 6.32. The minimum atomic E-state index is 0.357. The molecule has 1 aliphatic heterocycles. The first-order chi connectivity index (χ1) is 12.0. The summed E-state index contributed by atoms with van der Waals surface area (Å²) in [5, 5.41) is 1.36. The zero-order valence-electron chi connectivity index (χ0n) is 14.5. The van der Waals surface area contributed by atoms with Gasteiger partial charge in [-0.3, -0.25) is 4.90 Å². The van der Waals surface area contributed by atoms with E-state index in [1.807, 2.05) is 19.2 Å². The largest absolute Gasteiger partial charge is 0.481 e. The number of hydrogen-bond donors (Lipinski definition) is 0. The molecule has 0 amide bonds. The smallest absolute Gasteiger partial charge is 0.228 e. The Hall–Kier alpha value is -1.56. The molecule has 3 rings (SSSR count). The topological polar surface area (TPSA) is 41.5 Å². The minimum absolute atomic E-state index is 0.357. The van der Waals surface area contributed by atoms with E-state index in [1.165, 1.54) is 0 Å². The molecule has 1 aliphatic rings. The Morgan fingerprint density at radius 2 is 2.04 bits per heavy atom. The van der Waals surface area contributed by atoms with Gasteiger partial charge in [0.2, 0.25) is 11.8 Å². The van der Waals surface area contributed by atoms with Gasteiger partial charge in [0.05, 0.1) is 7.11 Å². The van der Waals surface area contributed by atoms with E-state index in [9.17, 15) is 0 Å². The number of methoxy groups -OCH3 is 1. The summed E-state index contributed by atoms with van der Waals surface area (Å²) < 4.78 is 5.20. The molecule has 1 aromatic carbocycles. The number of halogens is 2. The summed E-state index contributed by atoms with van der Waals surface area (Å²) in [5.41, 5.74) is 1.14. The van der Waals surface area contributed by atoms with Crippen LogP contribution in [-0.2, 0) is 6.54 Å². The summed E-state index contributed by atoms with van der Waals surface area (Å²) in [4.78, 5) is 13.4. The van der Waals surface area contributed by atoms with Crippen LogP contribution in [-0.4, -0.2) is 48.2 Å². The number of aromatic nitrogens is 2. The standard InChI is InChI=1S/C18H22Cl2N4O/c1-23(18-21-6-5-17(22-18)25-2)16-4-3-7-24(12-16)11-13-8-14(19)10-15(20)9-13/h5-6,8-10,16H,3-4,7,11-12H2,1-2H3. The van der Waals surface area contributed by atoms with Gasteiger partial charge in [0.15, 0.2) is 0 Å². The number of anilines is 1. The molecule has 0 bridgehead atoms. The predicted molar refractivity (Wildman–Crippen MR) is 102 cm³/mol. The molecule has 2 heterocycles. The third-order valence-electron chi connectivity index (χ3n) is 4.50. The van der Waals surface area contributed by atoms with Crippen LogP contribution in [0.4, 0.5) is 5.95 Å².